The topological polar surface area (TPSA) is 81.6 Å². The van der Waals surface area contributed by atoms with Gasteiger partial charge in [0.1, 0.15) is 0 Å². The molecule has 0 bridgehead atoms. The third-order valence-electron chi connectivity index (χ3n) is 1.74. The first-order valence-corrected chi connectivity index (χ1v) is 4.28. The summed E-state index contributed by atoms with van der Waals surface area (Å²) in [5.41, 5.74) is 5.57. The van der Waals surface area contributed by atoms with Gasteiger partial charge in [0, 0.05) is 5.46 Å². The van der Waals surface area contributed by atoms with Crippen molar-refractivity contribution in [3.63, 3.8) is 0 Å². The number of anilines is 1. The summed E-state index contributed by atoms with van der Waals surface area (Å²) in [6, 6.07) is 6.51. The van der Waals surface area contributed by atoms with Crippen LogP contribution in [-0.2, 0) is 4.79 Å². The van der Waals surface area contributed by atoms with Crippen molar-refractivity contribution in [2.75, 3.05) is 5.43 Å². The lowest BCUT2D eigenvalue weighted by Crippen LogP contribution is -2.36. The molecule has 0 saturated heterocycles. The highest BCUT2D eigenvalue weighted by Gasteiger charge is 2.14. The summed E-state index contributed by atoms with van der Waals surface area (Å²) in [5.74, 6) is -0.405. The van der Waals surface area contributed by atoms with E-state index in [-0.39, 0.29) is 5.46 Å². The minimum Gasteiger partial charge on any atom is -0.423 e. The molecule has 0 aliphatic heterocycles. The minimum atomic E-state index is -1.59. The number of benzene rings is 1. The lowest BCUT2D eigenvalue weighted by atomic mass is 9.79. The molecule has 15 heavy (non-hydrogen) atoms. The molecule has 0 heterocycles. The van der Waals surface area contributed by atoms with E-state index < -0.39 is 13.0 Å². The van der Waals surface area contributed by atoms with Crippen LogP contribution in [0.4, 0.5) is 5.69 Å². The van der Waals surface area contributed by atoms with Gasteiger partial charge in [0.15, 0.2) is 0 Å². The minimum absolute atomic E-state index is 0.280. The molecule has 1 rings (SSSR count). The van der Waals surface area contributed by atoms with E-state index in [1.54, 1.807) is 18.2 Å². The zero-order chi connectivity index (χ0) is 11.3. The van der Waals surface area contributed by atoms with Gasteiger partial charge in [0.2, 0.25) is 0 Å². The van der Waals surface area contributed by atoms with Crippen LogP contribution in [-0.4, -0.2) is 23.1 Å². The highest BCUT2D eigenvalue weighted by Crippen LogP contribution is 2.01. The van der Waals surface area contributed by atoms with Crippen molar-refractivity contribution in [3.8, 4) is 0 Å². The van der Waals surface area contributed by atoms with E-state index >= 15 is 0 Å². The summed E-state index contributed by atoms with van der Waals surface area (Å²) in [4.78, 5) is 10.8. The molecule has 1 amide bonds. The summed E-state index contributed by atoms with van der Waals surface area (Å²) < 4.78 is 0. The van der Waals surface area contributed by atoms with E-state index in [1.165, 1.54) is 6.07 Å². The molecule has 0 fully saturated rings. The monoisotopic (exact) mass is 206 g/mol. The third kappa shape index (κ3) is 3.12. The van der Waals surface area contributed by atoms with Gasteiger partial charge in [-0.3, -0.25) is 15.6 Å². The Labute approximate surface area is 87.5 Å². The van der Waals surface area contributed by atoms with E-state index in [0.717, 1.165) is 6.08 Å². The molecule has 4 N–H and O–H groups in total. The summed E-state index contributed by atoms with van der Waals surface area (Å²) in [7, 11) is -1.59. The van der Waals surface area contributed by atoms with Gasteiger partial charge < -0.3 is 10.0 Å². The van der Waals surface area contributed by atoms with Crippen LogP contribution in [0.2, 0.25) is 0 Å². The number of para-hydroxylation sites is 1. The van der Waals surface area contributed by atoms with Gasteiger partial charge in [-0.2, -0.15) is 0 Å². The Kier molecular flexibility index (Phi) is 3.90. The van der Waals surface area contributed by atoms with Gasteiger partial charge in [0.05, 0.1) is 5.69 Å². The maximum atomic E-state index is 10.8. The van der Waals surface area contributed by atoms with Gasteiger partial charge in [-0.1, -0.05) is 24.8 Å². The molecule has 0 aliphatic rings. The van der Waals surface area contributed by atoms with Gasteiger partial charge in [-0.25, -0.2) is 0 Å². The van der Waals surface area contributed by atoms with Gasteiger partial charge >= 0.3 is 7.12 Å². The van der Waals surface area contributed by atoms with E-state index in [4.69, 9.17) is 10.0 Å². The predicted octanol–water partition coefficient (Wildman–Crippen LogP) is -1.00. The quantitative estimate of drug-likeness (QED) is 0.289. The van der Waals surface area contributed by atoms with Crippen molar-refractivity contribution < 1.29 is 14.8 Å². The Morgan fingerprint density at radius 1 is 1.40 bits per heavy atom. The lowest BCUT2D eigenvalue weighted by molar-refractivity contribution is -0.116. The van der Waals surface area contributed by atoms with Crippen LogP contribution in [0, 0.1) is 0 Å². The Bertz CT molecular complexity index is 368. The Hall–Kier alpha value is -1.79. The molecule has 0 atom stereocenters. The second kappa shape index (κ2) is 5.18. The Balaban J connectivity index is 2.75. The fourth-order valence-corrected chi connectivity index (χ4v) is 1.02. The van der Waals surface area contributed by atoms with Crippen LogP contribution in [0.3, 0.4) is 0 Å². The number of hydrogen-bond acceptors (Lipinski definition) is 4. The summed E-state index contributed by atoms with van der Waals surface area (Å²) >= 11 is 0. The predicted molar refractivity (Wildman–Crippen MR) is 58.2 cm³/mol. The second-order valence-corrected chi connectivity index (χ2v) is 2.78. The maximum absolute atomic E-state index is 10.8. The normalized spacial score (nSPS) is 9.20. The number of hydrogen-bond donors (Lipinski definition) is 4. The molecule has 1 aromatic carbocycles. The average Bonchev–Trinajstić information content (AvgIpc) is 2.26. The second-order valence-electron chi connectivity index (χ2n) is 2.78. The molecule has 0 spiro atoms. The summed E-state index contributed by atoms with van der Waals surface area (Å²) in [6.45, 7) is 3.28. The molecule has 78 valence electrons. The van der Waals surface area contributed by atoms with Crippen molar-refractivity contribution in [1.29, 1.82) is 0 Å². The summed E-state index contributed by atoms with van der Waals surface area (Å²) in [6.07, 6.45) is 1.10. The Morgan fingerprint density at radius 3 is 2.67 bits per heavy atom. The van der Waals surface area contributed by atoms with Gasteiger partial charge in [-0.15, -0.1) is 0 Å². The average molecular weight is 206 g/mol. The standard InChI is InChI=1S/C9H11BN2O3/c1-2-9(13)12-11-8-6-4-3-5-7(8)10(14)15/h2-6,11,14-15H,1H2,(H,12,13). The third-order valence-corrected chi connectivity index (χ3v) is 1.74. The molecule has 0 aromatic heterocycles. The van der Waals surface area contributed by atoms with Crippen LogP contribution in [0.5, 0.6) is 0 Å². The van der Waals surface area contributed by atoms with Crippen molar-refractivity contribution in [3.05, 3.63) is 36.9 Å². The van der Waals surface area contributed by atoms with E-state index in [2.05, 4.69) is 17.4 Å². The molecule has 0 saturated carbocycles. The molecule has 5 nitrogen and oxygen atoms in total. The van der Waals surface area contributed by atoms with Crippen LogP contribution in [0.1, 0.15) is 0 Å². The van der Waals surface area contributed by atoms with E-state index in [9.17, 15) is 4.79 Å². The van der Waals surface area contributed by atoms with Crippen LogP contribution in [0.25, 0.3) is 0 Å². The summed E-state index contributed by atoms with van der Waals surface area (Å²) in [5, 5.41) is 18.0. The van der Waals surface area contributed by atoms with E-state index in [1.807, 2.05) is 0 Å². The Morgan fingerprint density at radius 2 is 2.07 bits per heavy atom. The molecule has 0 aliphatic carbocycles. The van der Waals surface area contributed by atoms with Crippen molar-refractivity contribution in [1.82, 2.24) is 5.43 Å². The highest BCUT2D eigenvalue weighted by atomic mass is 16.4. The lowest BCUT2D eigenvalue weighted by Gasteiger charge is -2.10. The van der Waals surface area contributed by atoms with Crippen molar-refractivity contribution in [2.45, 2.75) is 0 Å². The van der Waals surface area contributed by atoms with Gasteiger partial charge in [0.25, 0.3) is 5.91 Å². The van der Waals surface area contributed by atoms with Crippen molar-refractivity contribution in [2.24, 2.45) is 0 Å². The number of amides is 1. The SMILES string of the molecule is C=CC(=O)NNc1ccccc1B(O)O. The fourth-order valence-electron chi connectivity index (χ4n) is 1.02. The molecule has 6 heteroatoms. The number of nitrogens with one attached hydrogen (secondary N) is 2. The zero-order valence-electron chi connectivity index (χ0n) is 7.97. The number of hydrazine groups is 1. The smallest absolute Gasteiger partial charge is 0.423 e. The number of carbonyl (C=O) groups excluding carboxylic acids is 1. The molecule has 0 radical (unpaired) electrons. The fraction of sp³-hybridized carbons (Fsp3) is 0. The largest absolute Gasteiger partial charge is 0.490 e. The van der Waals surface area contributed by atoms with Crippen LogP contribution < -0.4 is 16.3 Å². The zero-order valence-corrected chi connectivity index (χ0v) is 7.97. The molecular formula is C9H11BN2O3. The molecule has 1 aromatic rings. The number of carbonyl (C=O) groups is 1. The van der Waals surface area contributed by atoms with E-state index in [0.29, 0.717) is 5.69 Å². The maximum Gasteiger partial charge on any atom is 0.490 e. The molecular weight excluding hydrogens is 195 g/mol. The first-order valence-electron chi connectivity index (χ1n) is 4.28. The van der Waals surface area contributed by atoms with Crippen molar-refractivity contribution >= 4 is 24.2 Å². The van der Waals surface area contributed by atoms with Gasteiger partial charge in [-0.05, 0) is 12.1 Å². The number of rotatable bonds is 4. The molecule has 0 unspecified atom stereocenters. The highest BCUT2D eigenvalue weighted by molar-refractivity contribution is 6.60. The first-order chi connectivity index (χ1) is 7.15. The van der Waals surface area contributed by atoms with Crippen LogP contribution >= 0.6 is 0 Å². The van der Waals surface area contributed by atoms with Crippen LogP contribution in [0.15, 0.2) is 36.9 Å². The first kappa shape index (κ1) is 11.3.